The van der Waals surface area contributed by atoms with Crippen LogP contribution in [-0.4, -0.2) is 42.5 Å². The van der Waals surface area contributed by atoms with E-state index in [1.54, 1.807) is 7.11 Å². The molecule has 6 heteroatoms. The summed E-state index contributed by atoms with van der Waals surface area (Å²) in [4.78, 5) is 12.9. The summed E-state index contributed by atoms with van der Waals surface area (Å²) >= 11 is 0. The lowest BCUT2D eigenvalue weighted by Gasteiger charge is -2.37. The van der Waals surface area contributed by atoms with Crippen LogP contribution in [0, 0.1) is 5.41 Å². The number of amides is 1. The van der Waals surface area contributed by atoms with Crippen LogP contribution in [-0.2, 0) is 23.0 Å². The van der Waals surface area contributed by atoms with Gasteiger partial charge in [-0.1, -0.05) is 0 Å². The molecule has 1 saturated heterocycles. The van der Waals surface area contributed by atoms with Crippen LogP contribution in [0.3, 0.4) is 0 Å². The summed E-state index contributed by atoms with van der Waals surface area (Å²) in [5.41, 5.74) is 2.05. The van der Waals surface area contributed by atoms with Crippen LogP contribution in [0.1, 0.15) is 43.0 Å². The normalized spacial score (nSPS) is 23.8. The van der Waals surface area contributed by atoms with Crippen molar-refractivity contribution in [2.75, 3.05) is 26.8 Å². The van der Waals surface area contributed by atoms with E-state index >= 15 is 0 Å². The second-order valence-electron chi connectivity index (χ2n) is 6.55. The number of nitrogens with zero attached hydrogens (tertiary/aromatic N) is 2. The van der Waals surface area contributed by atoms with Gasteiger partial charge in [-0.3, -0.25) is 9.48 Å². The SMILES string of the molecule is COCC1(C(=O)NC2CCCc3c2cnn3C)CCNCC1. The highest BCUT2D eigenvalue weighted by Gasteiger charge is 2.41. The smallest absolute Gasteiger partial charge is 0.229 e. The lowest BCUT2D eigenvalue weighted by Crippen LogP contribution is -2.51. The molecule has 0 bridgehead atoms. The Morgan fingerprint density at radius 2 is 2.32 bits per heavy atom. The van der Waals surface area contributed by atoms with E-state index in [4.69, 9.17) is 4.74 Å². The van der Waals surface area contributed by atoms with Crippen LogP contribution in [0.2, 0.25) is 0 Å². The molecule has 0 saturated carbocycles. The molecule has 3 rings (SSSR count). The summed E-state index contributed by atoms with van der Waals surface area (Å²) in [7, 11) is 3.65. The third-order valence-electron chi connectivity index (χ3n) is 5.14. The van der Waals surface area contributed by atoms with E-state index in [0.717, 1.165) is 45.2 Å². The second-order valence-corrected chi connectivity index (χ2v) is 6.55. The largest absolute Gasteiger partial charge is 0.384 e. The van der Waals surface area contributed by atoms with Gasteiger partial charge in [0, 0.05) is 25.4 Å². The molecule has 1 amide bonds. The molecule has 1 aromatic rings. The molecule has 22 heavy (non-hydrogen) atoms. The predicted molar refractivity (Wildman–Crippen MR) is 83.4 cm³/mol. The standard InChI is InChI=1S/C16H26N4O2/c1-20-14-5-3-4-13(12(14)10-18-20)19-15(21)16(11-22-2)6-8-17-9-7-16/h10,13,17H,3-9,11H2,1-2H3,(H,19,21). The highest BCUT2D eigenvalue weighted by Crippen LogP contribution is 2.33. The van der Waals surface area contributed by atoms with Gasteiger partial charge in [0.15, 0.2) is 0 Å². The number of carbonyl (C=O) groups is 1. The zero-order chi connectivity index (χ0) is 15.6. The van der Waals surface area contributed by atoms with E-state index in [2.05, 4.69) is 15.7 Å². The first kappa shape index (κ1) is 15.5. The molecular weight excluding hydrogens is 280 g/mol. The van der Waals surface area contributed by atoms with Crippen molar-refractivity contribution >= 4 is 5.91 Å². The highest BCUT2D eigenvalue weighted by atomic mass is 16.5. The molecule has 0 radical (unpaired) electrons. The number of piperidine rings is 1. The molecule has 1 aromatic heterocycles. The van der Waals surface area contributed by atoms with Crippen LogP contribution in [0.4, 0.5) is 0 Å². The quantitative estimate of drug-likeness (QED) is 0.868. The number of nitrogens with one attached hydrogen (secondary N) is 2. The summed E-state index contributed by atoms with van der Waals surface area (Å²) in [5, 5.41) is 11.0. The van der Waals surface area contributed by atoms with Gasteiger partial charge in [-0.25, -0.2) is 0 Å². The van der Waals surface area contributed by atoms with Crippen LogP contribution in [0.25, 0.3) is 0 Å². The van der Waals surface area contributed by atoms with Gasteiger partial charge in [-0.15, -0.1) is 0 Å². The first-order valence-electron chi connectivity index (χ1n) is 8.18. The number of hydrogen-bond donors (Lipinski definition) is 2. The van der Waals surface area contributed by atoms with E-state index in [1.807, 2.05) is 17.9 Å². The summed E-state index contributed by atoms with van der Waals surface area (Å²) < 4.78 is 7.30. The topological polar surface area (TPSA) is 68.2 Å². The average molecular weight is 306 g/mol. The molecule has 0 aromatic carbocycles. The van der Waals surface area contributed by atoms with Gasteiger partial charge >= 0.3 is 0 Å². The summed E-state index contributed by atoms with van der Waals surface area (Å²) in [5.74, 6) is 0.137. The van der Waals surface area contributed by atoms with E-state index in [9.17, 15) is 4.79 Å². The van der Waals surface area contributed by atoms with E-state index in [0.29, 0.717) is 6.61 Å². The number of aromatic nitrogens is 2. The van der Waals surface area contributed by atoms with Gasteiger partial charge in [-0.2, -0.15) is 5.10 Å². The van der Waals surface area contributed by atoms with Crippen molar-refractivity contribution in [2.45, 2.75) is 38.1 Å². The molecule has 6 nitrogen and oxygen atoms in total. The zero-order valence-electron chi connectivity index (χ0n) is 13.5. The molecule has 122 valence electrons. The average Bonchev–Trinajstić information content (AvgIpc) is 2.91. The molecule has 1 aliphatic heterocycles. The summed E-state index contributed by atoms with van der Waals surface area (Å²) in [6.07, 6.45) is 6.71. The molecule has 1 atom stereocenters. The third kappa shape index (κ3) is 2.77. The number of aryl methyl sites for hydroxylation is 1. The van der Waals surface area contributed by atoms with Gasteiger partial charge in [0.2, 0.25) is 5.91 Å². The molecule has 2 aliphatic rings. The molecule has 1 unspecified atom stereocenters. The first-order valence-corrected chi connectivity index (χ1v) is 8.18. The van der Waals surface area contributed by atoms with Crippen molar-refractivity contribution in [1.82, 2.24) is 20.4 Å². The number of ether oxygens (including phenoxy) is 1. The Kier molecular flexibility index (Phi) is 4.49. The highest BCUT2D eigenvalue weighted by molar-refractivity contribution is 5.83. The maximum Gasteiger partial charge on any atom is 0.229 e. The van der Waals surface area contributed by atoms with Crippen molar-refractivity contribution in [1.29, 1.82) is 0 Å². The van der Waals surface area contributed by atoms with Crippen molar-refractivity contribution < 1.29 is 9.53 Å². The van der Waals surface area contributed by atoms with Crippen LogP contribution < -0.4 is 10.6 Å². The molecule has 2 heterocycles. The Balaban J connectivity index is 1.76. The predicted octanol–water partition coefficient (Wildman–Crippen LogP) is 0.930. The first-order chi connectivity index (χ1) is 10.7. The molecule has 0 spiro atoms. The number of rotatable bonds is 4. The fourth-order valence-electron chi connectivity index (χ4n) is 3.79. The Labute approximate surface area is 131 Å². The molecule has 1 aliphatic carbocycles. The molecular formula is C16H26N4O2. The van der Waals surface area contributed by atoms with Crippen LogP contribution >= 0.6 is 0 Å². The van der Waals surface area contributed by atoms with E-state index in [1.165, 1.54) is 11.3 Å². The van der Waals surface area contributed by atoms with Gasteiger partial charge in [0.05, 0.1) is 24.3 Å². The fraction of sp³-hybridized carbons (Fsp3) is 0.750. The molecule has 1 fully saturated rings. The number of methoxy groups -OCH3 is 1. The third-order valence-corrected chi connectivity index (χ3v) is 5.14. The van der Waals surface area contributed by atoms with Crippen molar-refractivity contribution in [2.24, 2.45) is 12.5 Å². The van der Waals surface area contributed by atoms with Gasteiger partial charge < -0.3 is 15.4 Å². The Morgan fingerprint density at radius 3 is 3.05 bits per heavy atom. The van der Waals surface area contributed by atoms with E-state index in [-0.39, 0.29) is 17.4 Å². The summed E-state index contributed by atoms with van der Waals surface area (Å²) in [6.45, 7) is 2.24. The fourth-order valence-corrected chi connectivity index (χ4v) is 3.79. The number of fused-ring (bicyclic) bond motifs is 1. The van der Waals surface area contributed by atoms with Gasteiger partial charge in [0.1, 0.15) is 0 Å². The van der Waals surface area contributed by atoms with Crippen molar-refractivity contribution in [3.8, 4) is 0 Å². The lowest BCUT2D eigenvalue weighted by atomic mass is 9.78. The monoisotopic (exact) mass is 306 g/mol. The number of carbonyl (C=O) groups excluding carboxylic acids is 1. The Bertz CT molecular complexity index is 529. The maximum atomic E-state index is 12.9. The minimum atomic E-state index is -0.389. The summed E-state index contributed by atoms with van der Waals surface area (Å²) in [6, 6.07) is 0.0913. The zero-order valence-corrected chi connectivity index (χ0v) is 13.5. The molecule has 2 N–H and O–H groups in total. The maximum absolute atomic E-state index is 12.9. The van der Waals surface area contributed by atoms with Gasteiger partial charge in [-0.05, 0) is 45.2 Å². The Morgan fingerprint density at radius 1 is 1.55 bits per heavy atom. The van der Waals surface area contributed by atoms with Crippen molar-refractivity contribution in [3.05, 3.63) is 17.5 Å². The van der Waals surface area contributed by atoms with Crippen LogP contribution in [0.5, 0.6) is 0 Å². The van der Waals surface area contributed by atoms with Crippen molar-refractivity contribution in [3.63, 3.8) is 0 Å². The number of hydrogen-bond acceptors (Lipinski definition) is 4. The lowest BCUT2D eigenvalue weighted by molar-refractivity contribution is -0.137. The minimum Gasteiger partial charge on any atom is -0.384 e. The Hall–Kier alpha value is -1.40. The van der Waals surface area contributed by atoms with Gasteiger partial charge in [0.25, 0.3) is 0 Å². The minimum absolute atomic E-state index is 0.0913. The van der Waals surface area contributed by atoms with Crippen LogP contribution in [0.15, 0.2) is 6.20 Å². The second kappa shape index (κ2) is 6.38. The van der Waals surface area contributed by atoms with E-state index < -0.39 is 0 Å².